The Hall–Kier alpha value is -2.38. The van der Waals surface area contributed by atoms with Gasteiger partial charge in [0.15, 0.2) is 11.7 Å². The van der Waals surface area contributed by atoms with Crippen LogP contribution in [-0.4, -0.2) is 24.1 Å². The highest BCUT2D eigenvalue weighted by atomic mass is 79.9. The Morgan fingerprint density at radius 1 is 1.14 bits per heavy atom. The number of carbonyl (C=O) groups is 1. The molecule has 1 amide bonds. The lowest BCUT2D eigenvalue weighted by Gasteiger charge is -2.12. The SMILES string of the molecule is CCOc1ccc(-c2csc(NC(=O)COc3c(C)cc(Br)cc3C)n2)cc1. The number of benzene rings is 2. The Morgan fingerprint density at radius 2 is 1.82 bits per heavy atom. The van der Waals surface area contributed by atoms with Gasteiger partial charge in [0.05, 0.1) is 12.3 Å². The molecule has 0 saturated heterocycles. The van der Waals surface area contributed by atoms with Crippen LogP contribution in [0.25, 0.3) is 11.3 Å². The van der Waals surface area contributed by atoms with Crippen LogP contribution in [0.2, 0.25) is 0 Å². The number of carbonyl (C=O) groups excluding carboxylic acids is 1. The van der Waals surface area contributed by atoms with Crippen LogP contribution in [0.3, 0.4) is 0 Å². The van der Waals surface area contributed by atoms with Gasteiger partial charge in [0.2, 0.25) is 0 Å². The van der Waals surface area contributed by atoms with Crippen molar-refractivity contribution in [3.05, 3.63) is 57.4 Å². The molecule has 2 aromatic carbocycles. The van der Waals surface area contributed by atoms with Gasteiger partial charge < -0.3 is 9.47 Å². The number of aromatic nitrogens is 1. The molecule has 3 aromatic rings. The highest BCUT2D eigenvalue weighted by Crippen LogP contribution is 2.28. The predicted molar refractivity (Wildman–Crippen MR) is 116 cm³/mol. The molecule has 0 fully saturated rings. The van der Waals surface area contributed by atoms with Crippen LogP contribution < -0.4 is 14.8 Å². The fourth-order valence-electron chi connectivity index (χ4n) is 2.77. The van der Waals surface area contributed by atoms with Crippen LogP contribution in [0.15, 0.2) is 46.3 Å². The average Bonchev–Trinajstić information content (AvgIpc) is 3.10. The number of amides is 1. The molecule has 0 radical (unpaired) electrons. The van der Waals surface area contributed by atoms with E-state index in [9.17, 15) is 4.79 Å². The van der Waals surface area contributed by atoms with Crippen molar-refractivity contribution in [1.82, 2.24) is 4.98 Å². The summed E-state index contributed by atoms with van der Waals surface area (Å²) in [6.45, 7) is 6.42. The van der Waals surface area contributed by atoms with E-state index in [4.69, 9.17) is 9.47 Å². The molecule has 1 N–H and O–H groups in total. The van der Waals surface area contributed by atoms with Crippen molar-refractivity contribution in [1.29, 1.82) is 0 Å². The fraction of sp³-hybridized carbons (Fsp3) is 0.238. The normalized spacial score (nSPS) is 10.6. The smallest absolute Gasteiger partial charge is 0.264 e. The van der Waals surface area contributed by atoms with Gasteiger partial charge in [-0.15, -0.1) is 11.3 Å². The third-order valence-electron chi connectivity index (χ3n) is 3.98. The zero-order chi connectivity index (χ0) is 20.1. The topological polar surface area (TPSA) is 60.5 Å². The van der Waals surface area contributed by atoms with Crippen molar-refractivity contribution in [2.24, 2.45) is 0 Å². The molecular weight excluding hydrogens is 440 g/mol. The minimum Gasteiger partial charge on any atom is -0.494 e. The molecule has 0 spiro atoms. The van der Waals surface area contributed by atoms with Crippen LogP contribution >= 0.6 is 27.3 Å². The van der Waals surface area contributed by atoms with E-state index in [1.807, 2.05) is 62.5 Å². The zero-order valence-corrected chi connectivity index (χ0v) is 18.3. The highest BCUT2D eigenvalue weighted by molar-refractivity contribution is 9.10. The second kappa shape index (κ2) is 9.21. The Morgan fingerprint density at radius 3 is 2.46 bits per heavy atom. The molecule has 28 heavy (non-hydrogen) atoms. The summed E-state index contributed by atoms with van der Waals surface area (Å²) in [4.78, 5) is 16.7. The highest BCUT2D eigenvalue weighted by Gasteiger charge is 2.11. The summed E-state index contributed by atoms with van der Waals surface area (Å²) >= 11 is 4.84. The number of ether oxygens (including phenoxy) is 2. The van der Waals surface area contributed by atoms with Crippen LogP contribution in [0.4, 0.5) is 5.13 Å². The summed E-state index contributed by atoms with van der Waals surface area (Å²) in [5, 5.41) is 5.25. The Bertz CT molecular complexity index is 947. The van der Waals surface area contributed by atoms with E-state index in [1.165, 1.54) is 11.3 Å². The number of hydrogen-bond donors (Lipinski definition) is 1. The van der Waals surface area contributed by atoms with Gasteiger partial charge >= 0.3 is 0 Å². The van der Waals surface area contributed by atoms with Gasteiger partial charge in [-0.05, 0) is 68.3 Å². The molecule has 0 atom stereocenters. The lowest BCUT2D eigenvalue weighted by molar-refractivity contribution is -0.118. The van der Waals surface area contributed by atoms with E-state index >= 15 is 0 Å². The predicted octanol–water partition coefficient (Wildman–Crippen LogP) is 5.61. The monoisotopic (exact) mass is 460 g/mol. The number of rotatable bonds is 7. The van der Waals surface area contributed by atoms with Crippen molar-refractivity contribution in [3.8, 4) is 22.8 Å². The molecule has 0 bridgehead atoms. The number of nitrogens with zero attached hydrogens (tertiary/aromatic N) is 1. The first-order valence-corrected chi connectivity index (χ1v) is 10.5. The molecule has 0 saturated carbocycles. The summed E-state index contributed by atoms with van der Waals surface area (Å²) in [6.07, 6.45) is 0. The van der Waals surface area contributed by atoms with Crippen molar-refractivity contribution in [2.75, 3.05) is 18.5 Å². The molecule has 7 heteroatoms. The zero-order valence-electron chi connectivity index (χ0n) is 15.9. The third-order valence-corrected chi connectivity index (χ3v) is 5.20. The standard InChI is InChI=1S/C21H21BrN2O3S/c1-4-26-17-7-5-15(6-8-17)18-12-28-21(23-18)24-19(25)11-27-20-13(2)9-16(22)10-14(20)3/h5-10,12H,4,11H2,1-3H3,(H,23,24,25). The number of anilines is 1. The summed E-state index contributed by atoms with van der Waals surface area (Å²) in [5.41, 5.74) is 3.74. The summed E-state index contributed by atoms with van der Waals surface area (Å²) in [7, 11) is 0. The van der Waals surface area contributed by atoms with Gasteiger partial charge in [-0.2, -0.15) is 0 Å². The Kier molecular flexibility index (Phi) is 6.70. The minimum atomic E-state index is -0.241. The summed E-state index contributed by atoms with van der Waals surface area (Å²) in [6, 6.07) is 11.6. The number of hydrogen-bond acceptors (Lipinski definition) is 5. The van der Waals surface area contributed by atoms with Crippen molar-refractivity contribution >= 4 is 38.3 Å². The lowest BCUT2D eigenvalue weighted by Crippen LogP contribution is -2.20. The van der Waals surface area contributed by atoms with Gasteiger partial charge in [-0.1, -0.05) is 15.9 Å². The number of halogens is 1. The van der Waals surface area contributed by atoms with Gasteiger partial charge in [-0.25, -0.2) is 4.98 Å². The van der Waals surface area contributed by atoms with Crippen LogP contribution in [0.5, 0.6) is 11.5 Å². The quantitative estimate of drug-likeness (QED) is 0.497. The molecule has 3 rings (SSSR count). The Labute approximate surface area is 176 Å². The third kappa shape index (κ3) is 5.11. The largest absolute Gasteiger partial charge is 0.494 e. The fourth-order valence-corrected chi connectivity index (χ4v) is 4.19. The molecule has 1 heterocycles. The second-order valence-corrected chi connectivity index (χ2v) is 7.97. The molecule has 5 nitrogen and oxygen atoms in total. The Balaban J connectivity index is 1.59. The first-order valence-electron chi connectivity index (χ1n) is 8.84. The van der Waals surface area contributed by atoms with E-state index in [2.05, 4.69) is 26.2 Å². The first-order chi connectivity index (χ1) is 13.5. The molecule has 1 aromatic heterocycles. The average molecular weight is 461 g/mol. The van der Waals surface area contributed by atoms with E-state index in [0.29, 0.717) is 11.7 Å². The second-order valence-electron chi connectivity index (χ2n) is 6.20. The van der Waals surface area contributed by atoms with Crippen LogP contribution in [0, 0.1) is 13.8 Å². The maximum Gasteiger partial charge on any atom is 0.264 e. The van der Waals surface area contributed by atoms with Crippen molar-refractivity contribution in [2.45, 2.75) is 20.8 Å². The molecular formula is C21H21BrN2O3S. The van der Waals surface area contributed by atoms with E-state index in [1.54, 1.807) is 0 Å². The molecule has 146 valence electrons. The van der Waals surface area contributed by atoms with Crippen LogP contribution in [-0.2, 0) is 4.79 Å². The van der Waals surface area contributed by atoms with E-state index < -0.39 is 0 Å². The van der Waals surface area contributed by atoms with Gasteiger partial charge in [0.25, 0.3) is 5.91 Å². The first kappa shape index (κ1) is 20.4. The molecule has 0 unspecified atom stereocenters. The van der Waals surface area contributed by atoms with Crippen molar-refractivity contribution in [3.63, 3.8) is 0 Å². The van der Waals surface area contributed by atoms with E-state index in [0.717, 1.165) is 38.4 Å². The number of aryl methyl sites for hydroxylation is 2. The number of thiazole rings is 1. The summed E-state index contributed by atoms with van der Waals surface area (Å²) in [5.74, 6) is 1.31. The summed E-state index contributed by atoms with van der Waals surface area (Å²) < 4.78 is 12.2. The van der Waals surface area contributed by atoms with Gasteiger partial charge in [-0.3, -0.25) is 10.1 Å². The molecule has 0 aliphatic carbocycles. The molecule has 0 aliphatic rings. The van der Waals surface area contributed by atoms with Gasteiger partial charge in [0.1, 0.15) is 11.5 Å². The van der Waals surface area contributed by atoms with Gasteiger partial charge in [0, 0.05) is 15.4 Å². The van der Waals surface area contributed by atoms with Crippen LogP contribution in [0.1, 0.15) is 18.1 Å². The maximum atomic E-state index is 12.2. The minimum absolute atomic E-state index is 0.0682. The molecule has 0 aliphatic heterocycles. The number of nitrogens with one attached hydrogen (secondary N) is 1. The van der Waals surface area contributed by atoms with Crippen molar-refractivity contribution < 1.29 is 14.3 Å². The maximum absolute atomic E-state index is 12.2. The van der Waals surface area contributed by atoms with E-state index in [-0.39, 0.29) is 12.5 Å². The lowest BCUT2D eigenvalue weighted by atomic mass is 10.1.